The number of aliphatic hydroxyl groups is 3. The minimum atomic E-state index is -2.03. The molecule has 118 valence electrons. The molecule has 1 unspecified atom stereocenters. The van der Waals surface area contributed by atoms with Crippen molar-refractivity contribution in [2.75, 3.05) is 12.3 Å². The third-order valence-corrected chi connectivity index (χ3v) is 4.04. The molecule has 0 amide bonds. The predicted molar refractivity (Wildman–Crippen MR) is 76.4 cm³/mol. The van der Waals surface area contributed by atoms with Gasteiger partial charge in [0.25, 0.3) is 0 Å². The summed E-state index contributed by atoms with van der Waals surface area (Å²) in [5.74, 6) is 2.28. The predicted octanol–water partition coefficient (Wildman–Crippen LogP) is -1.85. The Balaban J connectivity index is 2.25. The van der Waals surface area contributed by atoms with Crippen molar-refractivity contribution >= 4 is 11.3 Å². The number of aliphatic hydroxyl groups excluding tert-OH is 3. The van der Waals surface area contributed by atoms with Gasteiger partial charge in [0.2, 0.25) is 5.60 Å². The van der Waals surface area contributed by atoms with E-state index in [0.29, 0.717) is 5.52 Å². The molecule has 1 saturated heterocycles. The van der Waals surface area contributed by atoms with Crippen LogP contribution in [-0.2, 0) is 10.3 Å². The van der Waals surface area contributed by atoms with Crippen molar-refractivity contribution in [1.82, 2.24) is 14.6 Å². The van der Waals surface area contributed by atoms with Crippen molar-refractivity contribution in [3.8, 4) is 18.4 Å². The lowest BCUT2D eigenvalue weighted by atomic mass is 9.89. The van der Waals surface area contributed by atoms with Gasteiger partial charge in [0.1, 0.15) is 30.1 Å². The maximum absolute atomic E-state index is 10.4. The topological polar surface area (TPSA) is 150 Å². The van der Waals surface area contributed by atoms with Crippen molar-refractivity contribution in [3.63, 3.8) is 0 Å². The molecule has 0 bridgehead atoms. The number of nitrogens with zero attached hydrogens (tertiary/aromatic N) is 4. The number of nitrogen functional groups attached to an aromatic ring is 1. The van der Waals surface area contributed by atoms with Crippen LogP contribution in [0.4, 0.5) is 5.82 Å². The van der Waals surface area contributed by atoms with E-state index in [0.717, 1.165) is 0 Å². The molecule has 3 heterocycles. The molecule has 3 rings (SSSR count). The third-order valence-electron chi connectivity index (χ3n) is 4.04. The SMILES string of the molecule is C#C[C@]1(CO)O[C@@](C#N)(c2ccc3c(N)ncnn23)[C@@H](O)C1O. The van der Waals surface area contributed by atoms with Crippen LogP contribution < -0.4 is 5.73 Å². The first-order valence-electron chi connectivity index (χ1n) is 6.60. The lowest BCUT2D eigenvalue weighted by Crippen LogP contribution is -2.45. The zero-order chi connectivity index (χ0) is 16.8. The number of nitriles is 1. The second-order valence-electron chi connectivity index (χ2n) is 5.19. The summed E-state index contributed by atoms with van der Waals surface area (Å²) < 4.78 is 6.80. The molecule has 1 aliphatic heterocycles. The van der Waals surface area contributed by atoms with Crippen molar-refractivity contribution in [1.29, 1.82) is 5.26 Å². The van der Waals surface area contributed by atoms with Crippen LogP contribution in [0, 0.1) is 23.7 Å². The number of hydrogen-bond acceptors (Lipinski definition) is 8. The van der Waals surface area contributed by atoms with E-state index in [9.17, 15) is 20.6 Å². The number of anilines is 1. The van der Waals surface area contributed by atoms with Crippen LogP contribution in [0.25, 0.3) is 5.52 Å². The smallest absolute Gasteiger partial charge is 0.226 e. The van der Waals surface area contributed by atoms with Gasteiger partial charge in [0.05, 0.1) is 12.3 Å². The van der Waals surface area contributed by atoms with Gasteiger partial charge in [0.15, 0.2) is 11.4 Å². The van der Waals surface area contributed by atoms with Crippen molar-refractivity contribution < 1.29 is 20.1 Å². The average Bonchev–Trinajstić information content (AvgIpc) is 3.09. The van der Waals surface area contributed by atoms with E-state index in [1.54, 1.807) is 6.07 Å². The summed E-state index contributed by atoms with van der Waals surface area (Å²) in [4.78, 5) is 3.83. The number of hydrogen-bond donors (Lipinski definition) is 4. The minimum absolute atomic E-state index is 0.112. The molecule has 1 fully saturated rings. The van der Waals surface area contributed by atoms with Crippen molar-refractivity contribution in [2.45, 2.75) is 23.4 Å². The summed E-state index contributed by atoms with van der Waals surface area (Å²) in [5, 5.41) is 43.7. The fraction of sp³-hybridized carbons (Fsp3) is 0.357. The fourth-order valence-corrected chi connectivity index (χ4v) is 2.76. The summed E-state index contributed by atoms with van der Waals surface area (Å²) in [6.45, 7) is -0.772. The second kappa shape index (κ2) is 4.91. The minimum Gasteiger partial charge on any atom is -0.392 e. The van der Waals surface area contributed by atoms with Crippen molar-refractivity contribution in [3.05, 3.63) is 24.2 Å². The van der Waals surface area contributed by atoms with E-state index >= 15 is 0 Å². The zero-order valence-corrected chi connectivity index (χ0v) is 11.8. The maximum Gasteiger partial charge on any atom is 0.226 e. The summed E-state index contributed by atoms with van der Waals surface area (Å²) >= 11 is 0. The highest BCUT2D eigenvalue weighted by atomic mass is 16.6. The third kappa shape index (κ3) is 1.76. The van der Waals surface area contributed by atoms with Crippen LogP contribution in [0.3, 0.4) is 0 Å². The van der Waals surface area contributed by atoms with E-state index in [-0.39, 0.29) is 11.5 Å². The molecule has 1 aliphatic rings. The highest BCUT2D eigenvalue weighted by Crippen LogP contribution is 2.44. The van der Waals surface area contributed by atoms with Gasteiger partial charge in [-0.3, -0.25) is 0 Å². The van der Waals surface area contributed by atoms with E-state index in [2.05, 4.69) is 16.0 Å². The maximum atomic E-state index is 10.4. The first-order valence-corrected chi connectivity index (χ1v) is 6.60. The standard InChI is InChI=1S/C14H13N5O4/c1-2-13(6-20)10(21)11(22)14(5-15,23-13)9-4-3-8-12(16)17-7-18-19(8)9/h1,3-4,7,10-11,20-22H,6H2,(H2,16,17,18)/t10?,11-,13+,14-/m0/s1. The summed E-state index contributed by atoms with van der Waals surface area (Å²) in [6.07, 6.45) is 3.14. The van der Waals surface area contributed by atoms with Crippen LogP contribution >= 0.6 is 0 Å². The number of rotatable bonds is 2. The molecule has 0 saturated carbocycles. The molecular formula is C14H13N5O4. The van der Waals surface area contributed by atoms with Gasteiger partial charge >= 0.3 is 0 Å². The molecule has 2 aromatic heterocycles. The van der Waals surface area contributed by atoms with Crippen LogP contribution in [0.5, 0.6) is 0 Å². The molecule has 9 nitrogen and oxygen atoms in total. The van der Waals surface area contributed by atoms with Gasteiger partial charge in [-0.1, -0.05) is 5.92 Å². The molecule has 0 radical (unpaired) electrons. The number of terminal acetylenes is 1. The Morgan fingerprint density at radius 1 is 1.43 bits per heavy atom. The molecular weight excluding hydrogens is 302 g/mol. The van der Waals surface area contributed by atoms with Gasteiger partial charge in [0, 0.05) is 0 Å². The lowest BCUT2D eigenvalue weighted by molar-refractivity contribution is -0.101. The molecule has 0 aliphatic carbocycles. The quantitative estimate of drug-likeness (QED) is 0.471. The Bertz CT molecular complexity index is 853. The van der Waals surface area contributed by atoms with Crippen LogP contribution in [-0.4, -0.2) is 54.3 Å². The monoisotopic (exact) mass is 315 g/mol. The first kappa shape index (κ1) is 15.2. The molecule has 0 aromatic carbocycles. The van der Waals surface area contributed by atoms with E-state index in [1.165, 1.54) is 16.9 Å². The van der Waals surface area contributed by atoms with Crippen LogP contribution in [0.1, 0.15) is 5.69 Å². The Morgan fingerprint density at radius 2 is 2.17 bits per heavy atom. The van der Waals surface area contributed by atoms with E-state index in [1.807, 2.05) is 6.07 Å². The largest absolute Gasteiger partial charge is 0.392 e. The Labute approximate surface area is 130 Å². The number of nitrogens with two attached hydrogens (primary N) is 1. The first-order chi connectivity index (χ1) is 11.0. The number of fused-ring (bicyclic) bond motifs is 1. The molecule has 2 aromatic rings. The Kier molecular flexibility index (Phi) is 3.25. The highest BCUT2D eigenvalue weighted by molar-refractivity contribution is 5.66. The van der Waals surface area contributed by atoms with Crippen LogP contribution in [0.15, 0.2) is 18.5 Å². The van der Waals surface area contributed by atoms with Crippen molar-refractivity contribution in [2.24, 2.45) is 0 Å². The molecule has 5 N–H and O–H groups in total. The number of ether oxygens (including phenoxy) is 1. The molecule has 4 atom stereocenters. The van der Waals surface area contributed by atoms with Gasteiger partial charge in [-0.2, -0.15) is 10.4 Å². The number of aromatic nitrogens is 3. The summed E-state index contributed by atoms with van der Waals surface area (Å²) in [5.41, 5.74) is 2.31. The average molecular weight is 315 g/mol. The Hall–Kier alpha value is -2.69. The van der Waals surface area contributed by atoms with Gasteiger partial charge in [-0.25, -0.2) is 9.50 Å². The summed E-state index contributed by atoms with van der Waals surface area (Å²) in [6, 6.07) is 4.84. The second-order valence-corrected chi connectivity index (χ2v) is 5.19. The Morgan fingerprint density at radius 3 is 2.74 bits per heavy atom. The van der Waals surface area contributed by atoms with Gasteiger partial charge < -0.3 is 25.8 Å². The fourth-order valence-electron chi connectivity index (χ4n) is 2.76. The molecule has 9 heteroatoms. The highest BCUT2D eigenvalue weighted by Gasteiger charge is 2.64. The van der Waals surface area contributed by atoms with Crippen LogP contribution in [0.2, 0.25) is 0 Å². The van der Waals surface area contributed by atoms with E-state index in [4.69, 9.17) is 16.9 Å². The van der Waals surface area contributed by atoms with Gasteiger partial charge in [-0.15, -0.1) is 6.42 Å². The normalized spacial score (nSPS) is 33.4. The zero-order valence-electron chi connectivity index (χ0n) is 11.8. The van der Waals surface area contributed by atoms with E-state index < -0.39 is 30.0 Å². The van der Waals surface area contributed by atoms with Gasteiger partial charge in [-0.05, 0) is 12.1 Å². The molecule has 23 heavy (non-hydrogen) atoms. The molecule has 0 spiro atoms. The lowest BCUT2D eigenvalue weighted by Gasteiger charge is -2.26. The summed E-state index contributed by atoms with van der Waals surface area (Å²) in [7, 11) is 0.